The summed E-state index contributed by atoms with van der Waals surface area (Å²) >= 11 is 0. The molecule has 1 aromatic heterocycles. The Balaban J connectivity index is 2.37. The van der Waals surface area contributed by atoms with Gasteiger partial charge in [0.1, 0.15) is 6.54 Å². The van der Waals surface area contributed by atoms with Gasteiger partial charge in [-0.25, -0.2) is 0 Å². The number of esters is 1. The third kappa shape index (κ3) is 2.33. The molecule has 3 heteroatoms. The van der Waals surface area contributed by atoms with Gasteiger partial charge in [0.05, 0.1) is 6.61 Å². The highest BCUT2D eigenvalue weighted by molar-refractivity contribution is 5.85. The molecule has 0 aliphatic rings. The van der Waals surface area contributed by atoms with E-state index in [9.17, 15) is 4.79 Å². The van der Waals surface area contributed by atoms with Crippen LogP contribution in [0.1, 0.15) is 19.4 Å². The Hall–Kier alpha value is -1.77. The van der Waals surface area contributed by atoms with Gasteiger partial charge in [-0.2, -0.15) is 0 Å². The molecule has 0 unspecified atom stereocenters. The Morgan fingerprint density at radius 2 is 2.06 bits per heavy atom. The van der Waals surface area contributed by atoms with Crippen LogP contribution in [0.4, 0.5) is 0 Å². The van der Waals surface area contributed by atoms with Crippen molar-refractivity contribution in [3.05, 3.63) is 36.0 Å². The molecule has 3 nitrogen and oxygen atoms in total. The van der Waals surface area contributed by atoms with Crippen LogP contribution in [0.3, 0.4) is 0 Å². The van der Waals surface area contributed by atoms with E-state index in [0.29, 0.717) is 6.61 Å². The van der Waals surface area contributed by atoms with Crippen LogP contribution in [0.15, 0.2) is 30.5 Å². The number of aryl methyl sites for hydroxylation is 1. The molecule has 2 aromatic rings. The maximum absolute atomic E-state index is 11.5. The summed E-state index contributed by atoms with van der Waals surface area (Å²) in [4.78, 5) is 11.5. The molecule has 0 bridgehead atoms. The van der Waals surface area contributed by atoms with E-state index in [1.807, 2.05) is 35.9 Å². The monoisotopic (exact) mass is 231 g/mol. The minimum absolute atomic E-state index is 0.184. The maximum atomic E-state index is 11.5. The molecule has 1 heterocycles. The van der Waals surface area contributed by atoms with Crippen LogP contribution < -0.4 is 0 Å². The fourth-order valence-corrected chi connectivity index (χ4v) is 2.08. The van der Waals surface area contributed by atoms with Crippen LogP contribution in [-0.2, 0) is 22.5 Å². The quantitative estimate of drug-likeness (QED) is 0.758. The smallest absolute Gasteiger partial charge is 0.325 e. The molecule has 0 fully saturated rings. The highest BCUT2D eigenvalue weighted by Gasteiger charge is 2.09. The molecule has 1 aromatic carbocycles. The molecule has 0 aliphatic heterocycles. The summed E-state index contributed by atoms with van der Waals surface area (Å²) in [6, 6.07) is 8.14. The lowest BCUT2D eigenvalue weighted by Crippen LogP contribution is -2.12. The third-order valence-electron chi connectivity index (χ3n) is 2.86. The average molecular weight is 231 g/mol. The second-order valence-electron chi connectivity index (χ2n) is 3.96. The Morgan fingerprint density at radius 3 is 2.76 bits per heavy atom. The van der Waals surface area contributed by atoms with Gasteiger partial charge in [0, 0.05) is 17.1 Å². The van der Waals surface area contributed by atoms with Crippen LogP contribution >= 0.6 is 0 Å². The molecule has 17 heavy (non-hydrogen) atoms. The van der Waals surface area contributed by atoms with Gasteiger partial charge in [-0.1, -0.05) is 25.1 Å². The highest BCUT2D eigenvalue weighted by Crippen LogP contribution is 2.21. The summed E-state index contributed by atoms with van der Waals surface area (Å²) in [5, 5.41) is 1.22. The molecule has 2 rings (SSSR count). The first-order valence-corrected chi connectivity index (χ1v) is 5.98. The minimum Gasteiger partial charge on any atom is -0.465 e. The van der Waals surface area contributed by atoms with Crippen molar-refractivity contribution in [3.63, 3.8) is 0 Å². The van der Waals surface area contributed by atoms with E-state index in [0.717, 1.165) is 11.9 Å². The number of aromatic nitrogens is 1. The molecular formula is C14H17NO2. The van der Waals surface area contributed by atoms with Crippen LogP contribution in [0.25, 0.3) is 10.9 Å². The minimum atomic E-state index is -0.184. The lowest BCUT2D eigenvalue weighted by Gasteiger charge is -2.04. The average Bonchev–Trinajstić information content (AvgIpc) is 2.68. The van der Waals surface area contributed by atoms with Crippen molar-refractivity contribution in [2.75, 3.05) is 6.61 Å². The maximum Gasteiger partial charge on any atom is 0.325 e. The third-order valence-corrected chi connectivity index (χ3v) is 2.86. The van der Waals surface area contributed by atoms with E-state index in [2.05, 4.69) is 13.0 Å². The molecule has 0 saturated carbocycles. The molecule has 0 saturated heterocycles. The molecule has 0 aliphatic carbocycles. The van der Waals surface area contributed by atoms with Gasteiger partial charge >= 0.3 is 5.97 Å². The number of hydrogen-bond acceptors (Lipinski definition) is 2. The summed E-state index contributed by atoms with van der Waals surface area (Å²) in [5.41, 5.74) is 2.36. The van der Waals surface area contributed by atoms with Gasteiger partial charge in [-0.15, -0.1) is 0 Å². The summed E-state index contributed by atoms with van der Waals surface area (Å²) < 4.78 is 6.94. The summed E-state index contributed by atoms with van der Waals surface area (Å²) in [5.74, 6) is -0.184. The Bertz CT molecular complexity index is 528. The molecule has 90 valence electrons. The van der Waals surface area contributed by atoms with Gasteiger partial charge in [0.25, 0.3) is 0 Å². The van der Waals surface area contributed by atoms with Gasteiger partial charge < -0.3 is 9.30 Å². The summed E-state index contributed by atoms with van der Waals surface area (Å²) in [6.45, 7) is 4.66. The molecule has 0 atom stereocenters. The Labute approximate surface area is 101 Å². The summed E-state index contributed by atoms with van der Waals surface area (Å²) in [6.07, 6.45) is 3.01. The highest BCUT2D eigenvalue weighted by atomic mass is 16.5. The van der Waals surface area contributed by atoms with Crippen molar-refractivity contribution in [1.29, 1.82) is 0 Å². The van der Waals surface area contributed by atoms with Crippen molar-refractivity contribution >= 4 is 16.9 Å². The molecule has 0 radical (unpaired) electrons. The van der Waals surface area contributed by atoms with E-state index < -0.39 is 0 Å². The molecule has 0 spiro atoms. The zero-order chi connectivity index (χ0) is 12.3. The standard InChI is InChI=1S/C14H17NO2/c1-3-11-9-15(10-14(16)17-4-2)13-8-6-5-7-12(11)13/h5-9H,3-4,10H2,1-2H3. The van der Waals surface area contributed by atoms with E-state index in [1.54, 1.807) is 0 Å². The molecule has 0 amide bonds. The Morgan fingerprint density at radius 1 is 1.29 bits per heavy atom. The van der Waals surface area contributed by atoms with Gasteiger partial charge in [0.2, 0.25) is 0 Å². The SMILES string of the molecule is CCOC(=O)Cn1cc(CC)c2ccccc21. The topological polar surface area (TPSA) is 31.2 Å². The van der Waals surface area contributed by atoms with Crippen molar-refractivity contribution in [3.8, 4) is 0 Å². The zero-order valence-electron chi connectivity index (χ0n) is 10.3. The number of ether oxygens (including phenoxy) is 1. The first-order valence-electron chi connectivity index (χ1n) is 5.98. The number of nitrogens with zero attached hydrogens (tertiary/aromatic N) is 1. The number of rotatable bonds is 4. The fraction of sp³-hybridized carbons (Fsp3) is 0.357. The van der Waals surface area contributed by atoms with E-state index in [4.69, 9.17) is 4.74 Å². The largest absolute Gasteiger partial charge is 0.465 e. The second-order valence-corrected chi connectivity index (χ2v) is 3.96. The molecule has 0 N–H and O–H groups in total. The van der Waals surface area contributed by atoms with Crippen LogP contribution in [0.2, 0.25) is 0 Å². The number of fused-ring (bicyclic) bond motifs is 1. The van der Waals surface area contributed by atoms with Gasteiger partial charge in [-0.3, -0.25) is 4.79 Å². The number of benzene rings is 1. The Kier molecular flexibility index (Phi) is 3.47. The van der Waals surface area contributed by atoms with Crippen molar-refractivity contribution in [1.82, 2.24) is 4.57 Å². The van der Waals surface area contributed by atoms with Crippen LogP contribution in [0.5, 0.6) is 0 Å². The van der Waals surface area contributed by atoms with E-state index >= 15 is 0 Å². The number of carbonyl (C=O) groups is 1. The van der Waals surface area contributed by atoms with Crippen LogP contribution in [-0.4, -0.2) is 17.1 Å². The van der Waals surface area contributed by atoms with Crippen molar-refractivity contribution in [2.45, 2.75) is 26.8 Å². The van der Waals surface area contributed by atoms with E-state index in [-0.39, 0.29) is 12.5 Å². The predicted molar refractivity (Wildman–Crippen MR) is 67.9 cm³/mol. The van der Waals surface area contributed by atoms with Crippen molar-refractivity contribution < 1.29 is 9.53 Å². The number of para-hydroxylation sites is 1. The van der Waals surface area contributed by atoms with Gasteiger partial charge in [-0.05, 0) is 25.0 Å². The normalized spacial score (nSPS) is 10.7. The lowest BCUT2D eigenvalue weighted by atomic mass is 10.1. The lowest BCUT2D eigenvalue weighted by molar-refractivity contribution is -0.143. The summed E-state index contributed by atoms with van der Waals surface area (Å²) in [7, 11) is 0. The van der Waals surface area contributed by atoms with Crippen molar-refractivity contribution in [2.24, 2.45) is 0 Å². The number of carbonyl (C=O) groups excluding carboxylic acids is 1. The second kappa shape index (κ2) is 5.04. The zero-order valence-corrected chi connectivity index (χ0v) is 10.3. The predicted octanol–water partition coefficient (Wildman–Crippen LogP) is 2.77. The van der Waals surface area contributed by atoms with E-state index in [1.165, 1.54) is 10.9 Å². The fourth-order valence-electron chi connectivity index (χ4n) is 2.08. The van der Waals surface area contributed by atoms with Crippen LogP contribution in [0, 0.1) is 0 Å². The van der Waals surface area contributed by atoms with Gasteiger partial charge in [0.15, 0.2) is 0 Å². The first kappa shape index (κ1) is 11.7. The number of hydrogen-bond donors (Lipinski definition) is 0. The molecular weight excluding hydrogens is 214 g/mol. The first-order chi connectivity index (χ1) is 8.26.